The molecule has 2 heterocycles. The van der Waals surface area contributed by atoms with Crippen LogP contribution in [-0.4, -0.2) is 18.6 Å². The fourth-order valence-corrected chi connectivity index (χ4v) is 5.27. The minimum Gasteiger partial charge on any atom is -0.431 e. The molecule has 0 aromatic rings. The van der Waals surface area contributed by atoms with E-state index >= 15 is 0 Å². The molecule has 0 spiro atoms. The van der Waals surface area contributed by atoms with E-state index in [2.05, 4.69) is 42.8 Å². The van der Waals surface area contributed by atoms with Crippen molar-refractivity contribution in [3.05, 3.63) is 48.3 Å². The minimum absolute atomic E-state index is 0.0409. The lowest BCUT2D eigenvalue weighted by molar-refractivity contribution is -0.132. The fourth-order valence-electron chi connectivity index (χ4n) is 5.27. The number of hydrogen-bond donors (Lipinski definition) is 0. The Hall–Kier alpha value is -1.97. The van der Waals surface area contributed by atoms with Gasteiger partial charge in [0.2, 0.25) is 0 Å². The van der Waals surface area contributed by atoms with Crippen LogP contribution in [0.15, 0.2) is 58.5 Å². The van der Waals surface area contributed by atoms with Crippen LogP contribution in [0.1, 0.15) is 33.1 Å². The maximum atomic E-state index is 11.7. The summed E-state index contributed by atoms with van der Waals surface area (Å²) in [5.41, 5.74) is 2.10. The number of carbonyl (C=O) groups is 1. The molecule has 2 aliphatic carbocycles. The van der Waals surface area contributed by atoms with Gasteiger partial charge in [0, 0.05) is 5.41 Å². The van der Waals surface area contributed by atoms with Gasteiger partial charge in [-0.1, -0.05) is 44.2 Å². The van der Waals surface area contributed by atoms with E-state index in [0.717, 1.165) is 25.8 Å². The molecule has 24 heavy (non-hydrogen) atoms. The zero-order valence-corrected chi connectivity index (χ0v) is 14.4. The highest BCUT2D eigenvalue weighted by Gasteiger charge is 2.57. The number of rotatable bonds is 2. The summed E-state index contributed by atoms with van der Waals surface area (Å²) >= 11 is 0. The van der Waals surface area contributed by atoms with Crippen molar-refractivity contribution >= 4 is 5.97 Å². The Morgan fingerprint density at radius 2 is 2.29 bits per heavy atom. The van der Waals surface area contributed by atoms with Crippen molar-refractivity contribution in [1.29, 1.82) is 0 Å². The summed E-state index contributed by atoms with van der Waals surface area (Å²) in [5, 5.41) is 8.80. The summed E-state index contributed by atoms with van der Waals surface area (Å²) in [6.45, 7) is 9.87. The van der Waals surface area contributed by atoms with Gasteiger partial charge < -0.3 is 4.74 Å². The average Bonchev–Trinajstić information content (AvgIpc) is 3.11. The average molecular weight is 324 g/mol. The highest BCUT2D eigenvalue weighted by Crippen LogP contribution is 2.61. The highest BCUT2D eigenvalue weighted by atomic mass is 16.5. The SMILES string of the molecule is C=C1CCC2[C@@](C)(C=CC3N=NC[C@]32C)C1CC=C1C=COC1=O. The molecular weight excluding hydrogens is 300 g/mol. The first-order chi connectivity index (χ1) is 11.4. The minimum atomic E-state index is -0.252. The van der Waals surface area contributed by atoms with Gasteiger partial charge in [0.05, 0.1) is 24.4 Å². The molecule has 0 aromatic carbocycles. The quantitative estimate of drug-likeness (QED) is 0.430. The summed E-state index contributed by atoms with van der Waals surface area (Å²) in [6.07, 6.45) is 12.8. The molecular formula is C20H24N2O2. The van der Waals surface area contributed by atoms with E-state index in [-0.39, 0.29) is 22.8 Å². The summed E-state index contributed by atoms with van der Waals surface area (Å²) in [6, 6.07) is 0.216. The number of cyclic esters (lactones) is 1. The number of nitrogens with zero attached hydrogens (tertiary/aromatic N) is 2. The number of azo groups is 1. The molecule has 0 amide bonds. The third kappa shape index (κ3) is 2.08. The molecule has 3 unspecified atom stereocenters. The molecule has 0 radical (unpaired) electrons. The third-order valence-corrected chi connectivity index (χ3v) is 6.71. The summed E-state index contributed by atoms with van der Waals surface area (Å²) in [7, 11) is 0. The normalized spacial score (nSPS) is 44.8. The van der Waals surface area contributed by atoms with Crippen molar-refractivity contribution in [2.45, 2.75) is 39.2 Å². The number of hydrogen-bond acceptors (Lipinski definition) is 4. The van der Waals surface area contributed by atoms with E-state index < -0.39 is 0 Å². The lowest BCUT2D eigenvalue weighted by Gasteiger charge is -2.56. The largest absolute Gasteiger partial charge is 0.431 e. The van der Waals surface area contributed by atoms with Crippen LogP contribution < -0.4 is 0 Å². The zero-order chi connectivity index (χ0) is 16.9. The fraction of sp³-hybridized carbons (Fsp3) is 0.550. The second-order valence-electron chi connectivity index (χ2n) is 8.00. The Kier molecular flexibility index (Phi) is 3.41. The van der Waals surface area contributed by atoms with Crippen LogP contribution >= 0.6 is 0 Å². The van der Waals surface area contributed by atoms with Gasteiger partial charge >= 0.3 is 5.97 Å². The number of fused-ring (bicyclic) bond motifs is 3. The van der Waals surface area contributed by atoms with Gasteiger partial charge in [-0.15, -0.1) is 0 Å². The van der Waals surface area contributed by atoms with E-state index in [0.29, 0.717) is 17.4 Å². The van der Waals surface area contributed by atoms with Gasteiger partial charge in [-0.05, 0) is 42.6 Å². The molecule has 2 aliphatic heterocycles. The number of allylic oxidation sites excluding steroid dienone is 3. The molecule has 4 nitrogen and oxygen atoms in total. The lowest BCUT2D eigenvalue weighted by Crippen LogP contribution is -2.52. The van der Waals surface area contributed by atoms with E-state index in [1.807, 2.05) is 6.08 Å². The maximum absolute atomic E-state index is 11.7. The molecule has 4 heteroatoms. The van der Waals surface area contributed by atoms with Crippen LogP contribution in [0.4, 0.5) is 0 Å². The predicted molar refractivity (Wildman–Crippen MR) is 92.2 cm³/mol. The summed E-state index contributed by atoms with van der Waals surface area (Å²) in [5.74, 6) is 0.618. The van der Waals surface area contributed by atoms with Gasteiger partial charge in [0.1, 0.15) is 0 Å². The molecule has 5 atom stereocenters. The van der Waals surface area contributed by atoms with Crippen LogP contribution in [-0.2, 0) is 9.53 Å². The number of ether oxygens (including phenoxy) is 1. The second-order valence-corrected chi connectivity index (χ2v) is 8.00. The van der Waals surface area contributed by atoms with Crippen molar-refractivity contribution in [3.8, 4) is 0 Å². The van der Waals surface area contributed by atoms with E-state index in [4.69, 9.17) is 4.74 Å². The molecule has 4 aliphatic rings. The van der Waals surface area contributed by atoms with Crippen LogP contribution in [0, 0.1) is 22.7 Å². The first-order valence-corrected chi connectivity index (χ1v) is 8.76. The topological polar surface area (TPSA) is 51.0 Å². The lowest BCUT2D eigenvalue weighted by atomic mass is 9.48. The Morgan fingerprint density at radius 3 is 3.04 bits per heavy atom. The second kappa shape index (κ2) is 5.27. The predicted octanol–water partition coefficient (Wildman–Crippen LogP) is 4.37. The summed E-state index contributed by atoms with van der Waals surface area (Å²) in [4.78, 5) is 11.7. The van der Waals surface area contributed by atoms with E-state index in [9.17, 15) is 4.79 Å². The van der Waals surface area contributed by atoms with E-state index in [1.165, 1.54) is 11.8 Å². The number of carbonyl (C=O) groups excluding carboxylic acids is 1. The standard InChI is InChI=1S/C20H24N2O2/c1-13-4-7-16-19(2,10-8-17-20(16,3)12-21-22-17)15(13)6-5-14-9-11-24-18(14)23/h5,8-11,15-17H,1,4,6-7,12H2,2-3H3/t15?,16?,17?,19-,20-/m0/s1. The Balaban J connectivity index is 1.66. The van der Waals surface area contributed by atoms with Gasteiger partial charge in [0.15, 0.2) is 0 Å². The smallest absolute Gasteiger partial charge is 0.342 e. The van der Waals surface area contributed by atoms with Crippen molar-refractivity contribution in [2.24, 2.45) is 32.9 Å². The first-order valence-electron chi connectivity index (χ1n) is 8.76. The molecule has 126 valence electrons. The van der Waals surface area contributed by atoms with Crippen molar-refractivity contribution < 1.29 is 9.53 Å². The van der Waals surface area contributed by atoms with Crippen molar-refractivity contribution in [2.75, 3.05) is 6.54 Å². The maximum Gasteiger partial charge on any atom is 0.342 e. The Bertz CT molecular complexity index is 717. The molecule has 0 aromatic heterocycles. The van der Waals surface area contributed by atoms with Crippen LogP contribution in [0.2, 0.25) is 0 Å². The van der Waals surface area contributed by atoms with Crippen LogP contribution in [0.25, 0.3) is 0 Å². The number of esters is 1. The first kappa shape index (κ1) is 15.6. The monoisotopic (exact) mass is 324 g/mol. The zero-order valence-electron chi connectivity index (χ0n) is 14.4. The third-order valence-electron chi connectivity index (χ3n) is 6.71. The van der Waals surface area contributed by atoms with Gasteiger partial charge in [-0.25, -0.2) is 4.79 Å². The van der Waals surface area contributed by atoms with Crippen LogP contribution in [0.5, 0.6) is 0 Å². The molecule has 1 fully saturated rings. The Morgan fingerprint density at radius 1 is 1.46 bits per heavy atom. The van der Waals surface area contributed by atoms with E-state index in [1.54, 1.807) is 6.08 Å². The molecule has 0 N–H and O–H groups in total. The van der Waals surface area contributed by atoms with Gasteiger partial charge in [-0.2, -0.15) is 10.2 Å². The molecule has 4 rings (SSSR count). The molecule has 0 bridgehead atoms. The molecule has 1 saturated carbocycles. The van der Waals surface area contributed by atoms with Crippen LogP contribution in [0.3, 0.4) is 0 Å². The van der Waals surface area contributed by atoms with Crippen molar-refractivity contribution in [1.82, 2.24) is 0 Å². The Labute approximate surface area is 143 Å². The summed E-state index contributed by atoms with van der Waals surface area (Å²) < 4.78 is 4.89. The highest BCUT2D eigenvalue weighted by molar-refractivity contribution is 5.94. The van der Waals surface area contributed by atoms with Crippen molar-refractivity contribution in [3.63, 3.8) is 0 Å². The van der Waals surface area contributed by atoms with Gasteiger partial charge in [-0.3, -0.25) is 0 Å². The molecule has 0 saturated heterocycles. The van der Waals surface area contributed by atoms with Gasteiger partial charge in [0.25, 0.3) is 0 Å².